The normalized spacial score (nSPS) is 10.6. The van der Waals surface area contributed by atoms with Crippen molar-refractivity contribution in [1.29, 1.82) is 0 Å². The number of rotatable bonds is 3. The van der Waals surface area contributed by atoms with E-state index in [1.54, 1.807) is 16.7 Å². The van der Waals surface area contributed by atoms with Crippen molar-refractivity contribution in [3.63, 3.8) is 0 Å². The fourth-order valence-electron chi connectivity index (χ4n) is 2.19. The van der Waals surface area contributed by atoms with Gasteiger partial charge < -0.3 is 5.11 Å². The molecule has 0 bridgehead atoms. The van der Waals surface area contributed by atoms with Gasteiger partial charge in [-0.3, -0.25) is 4.57 Å². The van der Waals surface area contributed by atoms with Crippen molar-refractivity contribution >= 4 is 17.6 Å². The molecule has 0 saturated heterocycles. The molecule has 0 aliphatic rings. The molecule has 0 atom stereocenters. The smallest absolute Gasteiger partial charge is 0.356 e. The van der Waals surface area contributed by atoms with Crippen LogP contribution in [0.4, 0.5) is 0 Å². The predicted molar refractivity (Wildman–Crippen MR) is 85.7 cm³/mol. The molecule has 22 heavy (non-hydrogen) atoms. The summed E-state index contributed by atoms with van der Waals surface area (Å²) in [5, 5.41) is 9.83. The average Bonchev–Trinajstić information content (AvgIpc) is 2.94. The molecule has 0 fully saturated rings. The number of nitrogens with zero attached hydrogens (tertiary/aromatic N) is 2. The molecule has 0 unspecified atom stereocenters. The van der Waals surface area contributed by atoms with Gasteiger partial charge in [-0.2, -0.15) is 0 Å². The van der Waals surface area contributed by atoms with Gasteiger partial charge in [-0.1, -0.05) is 29.3 Å². The van der Waals surface area contributed by atoms with Crippen LogP contribution < -0.4 is 0 Å². The number of aromatic carboxylic acids is 1. The number of hydrogen-bond acceptors (Lipinski definition) is 2. The van der Waals surface area contributed by atoms with Crippen LogP contribution in [0.15, 0.2) is 54.7 Å². The largest absolute Gasteiger partial charge is 0.476 e. The van der Waals surface area contributed by atoms with Gasteiger partial charge >= 0.3 is 5.97 Å². The highest BCUT2D eigenvalue weighted by Crippen LogP contribution is 2.24. The number of imidazole rings is 1. The first kappa shape index (κ1) is 14.4. The number of aromatic nitrogens is 2. The zero-order chi connectivity index (χ0) is 15.7. The lowest BCUT2D eigenvalue weighted by molar-refractivity contribution is 0.0691. The summed E-state index contributed by atoms with van der Waals surface area (Å²) in [4.78, 5) is 15.5. The van der Waals surface area contributed by atoms with E-state index in [9.17, 15) is 9.90 Å². The molecule has 0 radical (unpaired) electrons. The van der Waals surface area contributed by atoms with Crippen LogP contribution in [0, 0.1) is 6.92 Å². The first-order chi connectivity index (χ1) is 10.5. The summed E-state index contributed by atoms with van der Waals surface area (Å²) in [6.45, 7) is 2.00. The van der Waals surface area contributed by atoms with Crippen molar-refractivity contribution in [2.24, 2.45) is 0 Å². The maximum Gasteiger partial charge on any atom is 0.356 e. The van der Waals surface area contributed by atoms with E-state index in [0.717, 1.165) is 16.8 Å². The molecule has 110 valence electrons. The molecule has 0 amide bonds. The number of carbonyl (C=O) groups is 1. The van der Waals surface area contributed by atoms with Crippen LogP contribution in [0.2, 0.25) is 5.02 Å². The van der Waals surface area contributed by atoms with E-state index in [-0.39, 0.29) is 5.69 Å². The average molecular weight is 313 g/mol. The van der Waals surface area contributed by atoms with Gasteiger partial charge in [-0.15, -0.1) is 0 Å². The van der Waals surface area contributed by atoms with Crippen LogP contribution in [0.1, 0.15) is 16.1 Å². The van der Waals surface area contributed by atoms with Crippen LogP contribution in [0.3, 0.4) is 0 Å². The molecule has 3 rings (SSSR count). The Morgan fingerprint density at radius 2 is 1.73 bits per heavy atom. The maximum atomic E-state index is 11.2. The number of aryl methyl sites for hydroxylation is 1. The lowest BCUT2D eigenvalue weighted by Crippen LogP contribution is -1.96. The van der Waals surface area contributed by atoms with E-state index in [1.165, 1.54) is 6.20 Å². The van der Waals surface area contributed by atoms with Gasteiger partial charge in [0.25, 0.3) is 0 Å². The van der Waals surface area contributed by atoms with Gasteiger partial charge in [0.1, 0.15) is 5.82 Å². The third kappa shape index (κ3) is 2.73. The van der Waals surface area contributed by atoms with E-state index in [2.05, 4.69) is 4.98 Å². The molecule has 2 aromatic carbocycles. The Morgan fingerprint density at radius 3 is 2.32 bits per heavy atom. The first-order valence-electron chi connectivity index (χ1n) is 6.70. The minimum atomic E-state index is -1.05. The van der Waals surface area contributed by atoms with Crippen molar-refractivity contribution in [1.82, 2.24) is 9.55 Å². The molecular formula is C17H13ClN2O2. The summed E-state index contributed by atoms with van der Waals surface area (Å²) in [6, 6.07) is 15.0. The zero-order valence-corrected chi connectivity index (χ0v) is 12.6. The Morgan fingerprint density at radius 1 is 1.09 bits per heavy atom. The lowest BCUT2D eigenvalue weighted by Gasteiger charge is -2.08. The van der Waals surface area contributed by atoms with Gasteiger partial charge in [-0.05, 0) is 43.3 Å². The lowest BCUT2D eigenvalue weighted by atomic mass is 10.2. The predicted octanol–water partition coefficient (Wildman–Crippen LogP) is 4.20. The molecule has 5 heteroatoms. The van der Waals surface area contributed by atoms with Crippen LogP contribution in [0.25, 0.3) is 17.1 Å². The third-order valence-corrected chi connectivity index (χ3v) is 3.59. The number of benzene rings is 2. The molecule has 0 aliphatic carbocycles. The Bertz CT molecular complexity index is 758. The molecule has 0 saturated carbocycles. The topological polar surface area (TPSA) is 55.1 Å². The minimum Gasteiger partial charge on any atom is -0.476 e. The van der Waals surface area contributed by atoms with Gasteiger partial charge in [0.05, 0.1) is 0 Å². The van der Waals surface area contributed by atoms with Gasteiger partial charge in [0.15, 0.2) is 5.69 Å². The molecule has 1 N–H and O–H groups in total. The highest BCUT2D eigenvalue weighted by atomic mass is 35.5. The van der Waals surface area contributed by atoms with Crippen molar-refractivity contribution in [2.45, 2.75) is 6.92 Å². The third-order valence-electron chi connectivity index (χ3n) is 3.34. The second kappa shape index (κ2) is 5.66. The highest BCUT2D eigenvalue weighted by molar-refractivity contribution is 6.30. The van der Waals surface area contributed by atoms with E-state index in [0.29, 0.717) is 10.8 Å². The molecule has 1 aromatic heterocycles. The van der Waals surface area contributed by atoms with Crippen molar-refractivity contribution < 1.29 is 9.90 Å². The van der Waals surface area contributed by atoms with Crippen molar-refractivity contribution in [3.05, 3.63) is 71.0 Å². The summed E-state index contributed by atoms with van der Waals surface area (Å²) in [6.07, 6.45) is 1.52. The van der Waals surface area contributed by atoms with Crippen LogP contribution in [-0.4, -0.2) is 20.6 Å². The molecule has 0 aliphatic heterocycles. The first-order valence-corrected chi connectivity index (χ1v) is 7.08. The zero-order valence-electron chi connectivity index (χ0n) is 11.8. The number of hydrogen-bond donors (Lipinski definition) is 1. The number of carboxylic acids is 1. The quantitative estimate of drug-likeness (QED) is 0.788. The molecule has 4 nitrogen and oxygen atoms in total. The van der Waals surface area contributed by atoms with Crippen molar-refractivity contribution in [2.75, 3.05) is 0 Å². The monoisotopic (exact) mass is 312 g/mol. The maximum absolute atomic E-state index is 11.2. The standard InChI is InChI=1S/C17H13ClN2O2/c1-11-2-8-14(9-3-11)20-10-15(17(21)22)19-16(20)12-4-6-13(18)7-5-12/h2-10H,1H3,(H,21,22). The summed E-state index contributed by atoms with van der Waals surface area (Å²) < 4.78 is 1.77. The molecular weight excluding hydrogens is 300 g/mol. The summed E-state index contributed by atoms with van der Waals surface area (Å²) in [7, 11) is 0. The van der Waals surface area contributed by atoms with Gasteiger partial charge in [-0.25, -0.2) is 9.78 Å². The molecule has 0 spiro atoms. The second-order valence-corrected chi connectivity index (χ2v) is 5.40. The molecule has 3 aromatic rings. The van der Waals surface area contributed by atoms with E-state index in [1.807, 2.05) is 43.3 Å². The van der Waals surface area contributed by atoms with Gasteiger partial charge in [0, 0.05) is 22.5 Å². The highest BCUT2D eigenvalue weighted by Gasteiger charge is 2.15. The Kier molecular flexibility index (Phi) is 3.69. The Labute approximate surface area is 132 Å². The van der Waals surface area contributed by atoms with E-state index in [4.69, 9.17) is 11.6 Å². The van der Waals surface area contributed by atoms with Gasteiger partial charge in [0.2, 0.25) is 0 Å². The Hall–Kier alpha value is -2.59. The minimum absolute atomic E-state index is 0.00512. The number of halogens is 1. The van der Waals surface area contributed by atoms with E-state index < -0.39 is 5.97 Å². The number of carboxylic acid groups (broad SMARTS) is 1. The summed E-state index contributed by atoms with van der Waals surface area (Å²) >= 11 is 5.91. The Balaban J connectivity index is 2.17. The SMILES string of the molecule is Cc1ccc(-n2cc(C(=O)O)nc2-c2ccc(Cl)cc2)cc1. The van der Waals surface area contributed by atoms with E-state index >= 15 is 0 Å². The van der Waals surface area contributed by atoms with Crippen LogP contribution in [0.5, 0.6) is 0 Å². The summed E-state index contributed by atoms with van der Waals surface area (Å²) in [5.74, 6) is -0.487. The second-order valence-electron chi connectivity index (χ2n) is 4.97. The molecule has 1 heterocycles. The van der Waals surface area contributed by atoms with Crippen molar-refractivity contribution in [3.8, 4) is 17.1 Å². The van der Waals surface area contributed by atoms with Crippen LogP contribution in [-0.2, 0) is 0 Å². The fourth-order valence-corrected chi connectivity index (χ4v) is 2.31. The van der Waals surface area contributed by atoms with Crippen LogP contribution >= 0.6 is 11.6 Å². The summed E-state index contributed by atoms with van der Waals surface area (Å²) in [5.41, 5.74) is 2.80. The fraction of sp³-hybridized carbons (Fsp3) is 0.0588.